The van der Waals surface area contributed by atoms with Crippen LogP contribution in [0.5, 0.6) is 0 Å². The molecule has 1 aliphatic rings. The van der Waals surface area contributed by atoms with E-state index in [-0.39, 0.29) is 30.1 Å². The van der Waals surface area contributed by atoms with Gasteiger partial charge in [-0.25, -0.2) is 13.2 Å². The van der Waals surface area contributed by atoms with Crippen molar-refractivity contribution in [1.82, 2.24) is 4.90 Å². The average molecular weight is 376 g/mol. The average Bonchev–Trinajstić information content (AvgIpc) is 2.49. The number of carbonyl (C=O) groups excluding carboxylic acids is 2. The summed E-state index contributed by atoms with van der Waals surface area (Å²) in [4.78, 5) is 25.0. The second-order valence-electron chi connectivity index (χ2n) is 4.89. The van der Waals surface area contributed by atoms with Gasteiger partial charge in [-0.15, -0.1) is 0 Å². The van der Waals surface area contributed by atoms with Crippen LogP contribution in [0.1, 0.15) is 30.9 Å². The number of rotatable bonds is 4. The number of hydrogen-bond acceptors (Lipinski definition) is 2. The third kappa shape index (κ3) is 3.58. The Bertz CT molecular complexity index is 610. The molecule has 0 radical (unpaired) electrons. The summed E-state index contributed by atoms with van der Waals surface area (Å²) in [6, 6.07) is 0.811. The minimum absolute atomic E-state index is 0.0568. The molecule has 0 bridgehead atoms. The van der Waals surface area contributed by atoms with Gasteiger partial charge in [-0.1, -0.05) is 15.9 Å². The van der Waals surface area contributed by atoms with E-state index in [1.165, 1.54) is 17.2 Å². The number of benzene rings is 1. The monoisotopic (exact) mass is 375 g/mol. The molecule has 1 aromatic carbocycles. The van der Waals surface area contributed by atoms with Crippen LogP contribution in [-0.4, -0.2) is 21.9 Å². The molecule has 2 rings (SSSR count). The van der Waals surface area contributed by atoms with Crippen LogP contribution in [0.2, 0.25) is 0 Å². The van der Waals surface area contributed by atoms with Crippen molar-refractivity contribution in [1.29, 1.82) is 0 Å². The second-order valence-corrected chi connectivity index (χ2v) is 5.69. The largest absolute Gasteiger partial charge is 0.311 e. The Kier molecular flexibility index (Phi) is 5.39. The van der Waals surface area contributed by atoms with E-state index < -0.39 is 23.5 Å². The van der Waals surface area contributed by atoms with E-state index in [2.05, 4.69) is 15.9 Å². The van der Waals surface area contributed by atoms with E-state index in [1.54, 1.807) is 0 Å². The van der Waals surface area contributed by atoms with Gasteiger partial charge in [0.25, 0.3) is 0 Å². The van der Waals surface area contributed by atoms with E-state index in [9.17, 15) is 22.8 Å². The van der Waals surface area contributed by atoms with Gasteiger partial charge in [-0.2, -0.15) is 0 Å². The smallest absolute Gasteiger partial charge is 0.227 e. The van der Waals surface area contributed by atoms with Crippen LogP contribution in [0.15, 0.2) is 24.4 Å². The molecule has 3 nitrogen and oxygen atoms in total. The topological polar surface area (TPSA) is 37.4 Å². The molecular weight excluding hydrogens is 363 g/mol. The number of nitrogens with zero attached hydrogens (tertiary/aromatic N) is 1. The molecule has 0 aromatic heterocycles. The number of amides is 1. The van der Waals surface area contributed by atoms with Crippen LogP contribution in [0.4, 0.5) is 13.2 Å². The van der Waals surface area contributed by atoms with Gasteiger partial charge in [0.1, 0.15) is 0 Å². The van der Waals surface area contributed by atoms with Crippen molar-refractivity contribution >= 4 is 27.6 Å². The second kappa shape index (κ2) is 7.09. The Hall–Kier alpha value is -1.63. The van der Waals surface area contributed by atoms with E-state index in [0.29, 0.717) is 11.8 Å². The maximum absolute atomic E-state index is 13.4. The highest BCUT2D eigenvalue weighted by atomic mass is 79.9. The van der Waals surface area contributed by atoms with Crippen molar-refractivity contribution in [3.8, 4) is 0 Å². The first-order valence-corrected chi connectivity index (χ1v) is 7.78. The molecule has 1 aliphatic heterocycles. The predicted octanol–water partition coefficient (Wildman–Crippen LogP) is 3.64. The summed E-state index contributed by atoms with van der Waals surface area (Å²) in [5.74, 6) is -4.79. The summed E-state index contributed by atoms with van der Waals surface area (Å²) in [6.45, 7) is 0. The van der Waals surface area contributed by atoms with Gasteiger partial charge in [0.15, 0.2) is 23.2 Å². The van der Waals surface area contributed by atoms with Gasteiger partial charge >= 0.3 is 0 Å². The first-order valence-electron chi connectivity index (χ1n) is 6.66. The quantitative estimate of drug-likeness (QED) is 0.595. The molecule has 0 saturated heterocycles. The van der Waals surface area contributed by atoms with Gasteiger partial charge in [0, 0.05) is 24.4 Å². The summed E-state index contributed by atoms with van der Waals surface area (Å²) in [5, 5.41) is 0.639. The third-order valence-electron chi connectivity index (χ3n) is 3.35. The number of carbonyl (C=O) groups is 2. The van der Waals surface area contributed by atoms with Crippen LogP contribution in [-0.2, 0) is 9.59 Å². The van der Waals surface area contributed by atoms with Crippen LogP contribution in [0, 0.1) is 17.5 Å². The molecule has 0 fully saturated rings. The normalized spacial score (nSPS) is 17.9. The molecule has 0 N–H and O–H groups in total. The molecule has 1 aromatic rings. The van der Waals surface area contributed by atoms with Gasteiger partial charge < -0.3 is 4.90 Å². The highest BCUT2D eigenvalue weighted by molar-refractivity contribution is 9.09. The summed E-state index contributed by atoms with van der Waals surface area (Å²) in [5.41, 5.74) is 0.0568. The van der Waals surface area contributed by atoms with Crippen molar-refractivity contribution < 1.29 is 22.8 Å². The van der Waals surface area contributed by atoms with E-state index in [0.717, 1.165) is 12.1 Å². The molecule has 1 amide bonds. The lowest BCUT2D eigenvalue weighted by Crippen LogP contribution is -2.34. The lowest BCUT2D eigenvalue weighted by Gasteiger charge is -2.31. The highest BCUT2D eigenvalue weighted by Crippen LogP contribution is 2.31. The lowest BCUT2D eigenvalue weighted by atomic mass is 9.96. The molecule has 118 valence electrons. The molecule has 0 aliphatic carbocycles. The zero-order valence-corrected chi connectivity index (χ0v) is 13.1. The van der Waals surface area contributed by atoms with Crippen molar-refractivity contribution in [2.75, 3.05) is 5.33 Å². The number of alkyl halides is 1. The van der Waals surface area contributed by atoms with Crippen LogP contribution >= 0.6 is 15.9 Å². The van der Waals surface area contributed by atoms with Crippen molar-refractivity contribution in [3.63, 3.8) is 0 Å². The maximum atomic E-state index is 13.4. The van der Waals surface area contributed by atoms with Gasteiger partial charge in [0.2, 0.25) is 5.91 Å². The van der Waals surface area contributed by atoms with E-state index >= 15 is 0 Å². The molecule has 22 heavy (non-hydrogen) atoms. The summed E-state index contributed by atoms with van der Waals surface area (Å²) < 4.78 is 39.9. The minimum atomic E-state index is -1.57. The summed E-state index contributed by atoms with van der Waals surface area (Å²) in [6.07, 6.45) is 3.29. The van der Waals surface area contributed by atoms with Crippen LogP contribution in [0.3, 0.4) is 0 Å². The van der Waals surface area contributed by atoms with Gasteiger partial charge in [0.05, 0.1) is 6.04 Å². The molecule has 1 heterocycles. The predicted molar refractivity (Wildman–Crippen MR) is 77.7 cm³/mol. The molecular formula is C15H13BrF3NO2. The zero-order valence-electron chi connectivity index (χ0n) is 11.5. The fourth-order valence-corrected chi connectivity index (χ4v) is 2.55. The molecule has 1 unspecified atom stereocenters. The van der Waals surface area contributed by atoms with E-state index in [1.807, 2.05) is 0 Å². The standard InChI is InChI=1S/C15H13BrF3NO2/c16-4-1-2-14(22)20-5-3-10(21)8-13(20)9-6-11(17)15(19)12(18)7-9/h3,5-7,13H,1-2,4,8H2. The zero-order chi connectivity index (χ0) is 16.3. The fraction of sp³-hybridized carbons (Fsp3) is 0.333. The Morgan fingerprint density at radius 3 is 2.50 bits per heavy atom. The van der Waals surface area contributed by atoms with Crippen molar-refractivity contribution in [3.05, 3.63) is 47.4 Å². The van der Waals surface area contributed by atoms with E-state index in [4.69, 9.17) is 0 Å². The first-order chi connectivity index (χ1) is 10.4. The lowest BCUT2D eigenvalue weighted by molar-refractivity contribution is -0.132. The van der Waals surface area contributed by atoms with Crippen molar-refractivity contribution in [2.24, 2.45) is 0 Å². The van der Waals surface area contributed by atoms with Crippen LogP contribution in [0.25, 0.3) is 0 Å². The fourth-order valence-electron chi connectivity index (χ4n) is 2.27. The summed E-state index contributed by atoms with van der Waals surface area (Å²) in [7, 11) is 0. The molecule has 0 saturated carbocycles. The number of halogens is 4. The third-order valence-corrected chi connectivity index (χ3v) is 3.92. The van der Waals surface area contributed by atoms with Gasteiger partial charge in [-0.3, -0.25) is 9.59 Å². The van der Waals surface area contributed by atoms with Crippen LogP contribution < -0.4 is 0 Å². The number of allylic oxidation sites excluding steroid dienone is 1. The molecule has 7 heteroatoms. The van der Waals surface area contributed by atoms with Gasteiger partial charge in [-0.05, 0) is 30.2 Å². The first kappa shape index (κ1) is 16.7. The molecule has 0 spiro atoms. The Balaban J connectivity index is 2.35. The number of hydrogen-bond donors (Lipinski definition) is 0. The Morgan fingerprint density at radius 2 is 1.91 bits per heavy atom. The Labute approximate surface area is 133 Å². The Morgan fingerprint density at radius 1 is 1.27 bits per heavy atom. The SMILES string of the molecule is O=C1C=CN(C(=O)CCCBr)C(c2cc(F)c(F)c(F)c2)C1. The number of ketones is 1. The minimum Gasteiger partial charge on any atom is -0.311 e. The van der Waals surface area contributed by atoms with Crippen molar-refractivity contribution in [2.45, 2.75) is 25.3 Å². The maximum Gasteiger partial charge on any atom is 0.227 e. The highest BCUT2D eigenvalue weighted by Gasteiger charge is 2.29. The molecule has 1 atom stereocenters. The summed E-state index contributed by atoms with van der Waals surface area (Å²) >= 11 is 3.21.